The molecule has 0 bridgehead atoms. The van der Waals surface area contributed by atoms with E-state index < -0.39 is 4.92 Å². The van der Waals surface area contributed by atoms with Gasteiger partial charge >= 0.3 is 5.69 Å². The Morgan fingerprint density at radius 1 is 1.44 bits per heavy atom. The Kier molecular flexibility index (Phi) is 4.91. The molecule has 0 saturated carbocycles. The Labute approximate surface area is 106 Å². The number of ether oxygens (including phenoxy) is 1. The zero-order valence-electron chi connectivity index (χ0n) is 10.8. The fourth-order valence-corrected chi connectivity index (χ4v) is 1.50. The van der Waals surface area contributed by atoms with Gasteiger partial charge in [-0.05, 0) is 32.9 Å². The maximum atomic E-state index is 11.1. The van der Waals surface area contributed by atoms with Crippen LogP contribution in [0.3, 0.4) is 0 Å². The molecular formula is C12H19N3O3. The van der Waals surface area contributed by atoms with E-state index in [0.29, 0.717) is 12.2 Å². The van der Waals surface area contributed by atoms with Crippen LogP contribution in [0.2, 0.25) is 0 Å². The zero-order valence-corrected chi connectivity index (χ0v) is 10.8. The number of para-hydroxylation sites is 1. The number of nitro benzene ring substituents is 1. The molecule has 1 rings (SSSR count). The molecule has 0 fully saturated rings. The lowest BCUT2D eigenvalue weighted by Gasteiger charge is -2.16. The van der Waals surface area contributed by atoms with Crippen LogP contribution in [0.5, 0.6) is 5.75 Å². The van der Waals surface area contributed by atoms with Gasteiger partial charge in [0.25, 0.3) is 0 Å². The second-order valence-electron chi connectivity index (χ2n) is 4.36. The van der Waals surface area contributed by atoms with E-state index in [2.05, 4.69) is 5.32 Å². The Morgan fingerprint density at radius 2 is 2.11 bits per heavy atom. The predicted octanol–water partition coefficient (Wildman–Crippen LogP) is 2.14. The van der Waals surface area contributed by atoms with Gasteiger partial charge in [0.2, 0.25) is 0 Å². The average molecular weight is 253 g/mol. The van der Waals surface area contributed by atoms with Crippen molar-refractivity contribution in [3.8, 4) is 5.75 Å². The van der Waals surface area contributed by atoms with E-state index in [9.17, 15) is 10.1 Å². The highest BCUT2D eigenvalue weighted by atomic mass is 16.6. The molecule has 6 nitrogen and oxygen atoms in total. The van der Waals surface area contributed by atoms with Gasteiger partial charge in [0.1, 0.15) is 5.69 Å². The van der Waals surface area contributed by atoms with Crippen molar-refractivity contribution in [3.63, 3.8) is 0 Å². The highest BCUT2D eigenvalue weighted by Crippen LogP contribution is 2.35. The highest BCUT2D eigenvalue weighted by molar-refractivity contribution is 5.68. The van der Waals surface area contributed by atoms with E-state index in [1.165, 1.54) is 0 Å². The molecule has 1 aromatic carbocycles. The third-order valence-electron chi connectivity index (χ3n) is 2.30. The first kappa shape index (κ1) is 14.2. The van der Waals surface area contributed by atoms with E-state index >= 15 is 0 Å². The summed E-state index contributed by atoms with van der Waals surface area (Å²) in [6.45, 7) is 5.91. The summed E-state index contributed by atoms with van der Waals surface area (Å²) in [6, 6.07) is 4.92. The molecule has 0 spiro atoms. The van der Waals surface area contributed by atoms with Crippen LogP contribution in [0.4, 0.5) is 11.4 Å². The first-order valence-electron chi connectivity index (χ1n) is 5.86. The van der Waals surface area contributed by atoms with E-state index in [1.54, 1.807) is 18.2 Å². The Bertz CT molecular complexity index is 421. The molecule has 6 heteroatoms. The number of rotatable bonds is 6. The molecule has 1 aromatic rings. The molecule has 3 N–H and O–H groups in total. The summed E-state index contributed by atoms with van der Waals surface area (Å²) in [5.74, 6) is 0.268. The minimum absolute atomic E-state index is 0.0435. The molecule has 0 aliphatic heterocycles. The molecule has 0 radical (unpaired) electrons. The lowest BCUT2D eigenvalue weighted by atomic mass is 10.2. The second kappa shape index (κ2) is 6.20. The summed E-state index contributed by atoms with van der Waals surface area (Å²) in [5, 5.41) is 14.2. The van der Waals surface area contributed by atoms with E-state index in [0.717, 1.165) is 0 Å². The summed E-state index contributed by atoms with van der Waals surface area (Å²) < 4.78 is 5.45. The first-order valence-corrected chi connectivity index (χ1v) is 5.86. The average Bonchev–Trinajstić information content (AvgIpc) is 2.27. The Morgan fingerprint density at radius 3 is 2.61 bits per heavy atom. The normalized spacial score (nSPS) is 12.3. The summed E-state index contributed by atoms with van der Waals surface area (Å²) in [5.41, 5.74) is 5.88. The number of benzene rings is 1. The molecule has 0 aliphatic rings. The van der Waals surface area contributed by atoms with Crippen LogP contribution in [0.1, 0.15) is 20.8 Å². The first-order chi connectivity index (χ1) is 8.45. The van der Waals surface area contributed by atoms with E-state index in [4.69, 9.17) is 10.5 Å². The fraction of sp³-hybridized carbons (Fsp3) is 0.500. The van der Waals surface area contributed by atoms with Crippen molar-refractivity contribution in [2.24, 2.45) is 5.73 Å². The monoisotopic (exact) mass is 253 g/mol. The quantitative estimate of drug-likeness (QED) is 0.598. The van der Waals surface area contributed by atoms with Crippen LogP contribution in [-0.4, -0.2) is 23.6 Å². The van der Waals surface area contributed by atoms with E-state index in [1.807, 2.05) is 20.8 Å². The van der Waals surface area contributed by atoms with Gasteiger partial charge in [-0.15, -0.1) is 0 Å². The molecule has 100 valence electrons. The van der Waals surface area contributed by atoms with Crippen LogP contribution in [-0.2, 0) is 0 Å². The maximum absolute atomic E-state index is 11.1. The van der Waals surface area contributed by atoms with Crippen LogP contribution in [0.25, 0.3) is 0 Å². The standard InChI is InChI=1S/C12H19N3O3/c1-8(2)18-11-6-4-5-10(12(11)15(16)17)14-9(3)7-13/h4-6,8-9,14H,7,13H2,1-3H3. The minimum Gasteiger partial charge on any atom is -0.484 e. The van der Waals surface area contributed by atoms with Gasteiger partial charge in [-0.1, -0.05) is 6.07 Å². The molecule has 0 amide bonds. The smallest absolute Gasteiger partial charge is 0.333 e. The zero-order chi connectivity index (χ0) is 13.7. The molecule has 18 heavy (non-hydrogen) atoms. The molecule has 1 unspecified atom stereocenters. The van der Waals surface area contributed by atoms with Crippen LogP contribution in [0.15, 0.2) is 18.2 Å². The predicted molar refractivity (Wildman–Crippen MR) is 71.0 cm³/mol. The largest absolute Gasteiger partial charge is 0.484 e. The summed E-state index contributed by atoms with van der Waals surface area (Å²) in [4.78, 5) is 10.7. The summed E-state index contributed by atoms with van der Waals surface area (Å²) >= 11 is 0. The number of hydrogen-bond acceptors (Lipinski definition) is 5. The van der Waals surface area contributed by atoms with Crippen molar-refractivity contribution in [1.82, 2.24) is 0 Å². The number of hydrogen-bond donors (Lipinski definition) is 2. The highest BCUT2D eigenvalue weighted by Gasteiger charge is 2.22. The Hall–Kier alpha value is -1.82. The van der Waals surface area contributed by atoms with Crippen molar-refractivity contribution in [2.75, 3.05) is 11.9 Å². The van der Waals surface area contributed by atoms with Gasteiger partial charge in [0, 0.05) is 12.6 Å². The second-order valence-corrected chi connectivity index (χ2v) is 4.36. The third-order valence-corrected chi connectivity index (χ3v) is 2.30. The van der Waals surface area contributed by atoms with Crippen molar-refractivity contribution >= 4 is 11.4 Å². The fourth-order valence-electron chi connectivity index (χ4n) is 1.50. The molecule has 0 aliphatic carbocycles. The summed E-state index contributed by atoms with van der Waals surface area (Å²) in [7, 11) is 0. The topological polar surface area (TPSA) is 90.4 Å². The van der Waals surface area contributed by atoms with Gasteiger partial charge in [0.15, 0.2) is 5.75 Å². The van der Waals surface area contributed by atoms with Gasteiger partial charge in [0.05, 0.1) is 11.0 Å². The van der Waals surface area contributed by atoms with Crippen molar-refractivity contribution in [1.29, 1.82) is 0 Å². The van der Waals surface area contributed by atoms with Crippen molar-refractivity contribution in [3.05, 3.63) is 28.3 Å². The van der Waals surface area contributed by atoms with Crippen LogP contribution in [0, 0.1) is 10.1 Å². The Balaban J connectivity index is 3.13. The number of anilines is 1. The van der Waals surface area contributed by atoms with Gasteiger partial charge in [-0.25, -0.2) is 0 Å². The van der Waals surface area contributed by atoms with Crippen molar-refractivity contribution in [2.45, 2.75) is 32.9 Å². The van der Waals surface area contributed by atoms with Gasteiger partial charge in [-0.2, -0.15) is 0 Å². The van der Waals surface area contributed by atoms with Gasteiger partial charge in [-0.3, -0.25) is 10.1 Å². The lowest BCUT2D eigenvalue weighted by Crippen LogP contribution is -2.25. The number of nitro groups is 1. The summed E-state index contributed by atoms with van der Waals surface area (Å²) in [6.07, 6.45) is -0.120. The molecule has 0 saturated heterocycles. The molecule has 0 heterocycles. The molecular weight excluding hydrogens is 234 g/mol. The third kappa shape index (κ3) is 3.59. The maximum Gasteiger partial charge on any atom is 0.333 e. The van der Waals surface area contributed by atoms with Crippen LogP contribution >= 0.6 is 0 Å². The lowest BCUT2D eigenvalue weighted by molar-refractivity contribution is -0.385. The van der Waals surface area contributed by atoms with Crippen molar-refractivity contribution < 1.29 is 9.66 Å². The molecule has 0 aromatic heterocycles. The van der Waals surface area contributed by atoms with Gasteiger partial charge < -0.3 is 15.8 Å². The number of nitrogens with zero attached hydrogens (tertiary/aromatic N) is 1. The SMILES string of the molecule is CC(CN)Nc1cccc(OC(C)C)c1[N+](=O)[O-]. The number of nitrogens with two attached hydrogens (primary N) is 1. The number of nitrogens with one attached hydrogen (secondary N) is 1. The molecule has 1 atom stereocenters. The van der Waals surface area contributed by atoms with E-state index in [-0.39, 0.29) is 23.6 Å². The minimum atomic E-state index is -0.441. The van der Waals surface area contributed by atoms with Crippen LogP contribution < -0.4 is 15.8 Å².